The topological polar surface area (TPSA) is 22.1 Å². The zero-order chi connectivity index (χ0) is 9.14. The molecule has 0 fully saturated rings. The Kier molecular flexibility index (Phi) is 5.56. The van der Waals surface area contributed by atoms with E-state index < -0.39 is 0 Å². The van der Waals surface area contributed by atoms with Gasteiger partial charge in [-0.15, -0.1) is 17.0 Å². The maximum Gasteiger partial charge on any atom is 0.128 e. The molecule has 0 aromatic carbocycles. The third kappa shape index (κ3) is 2.68. The fourth-order valence-electron chi connectivity index (χ4n) is 1.21. The van der Waals surface area contributed by atoms with Gasteiger partial charge in [-0.2, -0.15) is 0 Å². The van der Waals surface area contributed by atoms with Crippen molar-refractivity contribution >= 4 is 32.9 Å². The lowest BCUT2D eigenvalue weighted by molar-refractivity contribution is 0.407. The summed E-state index contributed by atoms with van der Waals surface area (Å²) in [6.07, 6.45) is 1.84. The van der Waals surface area contributed by atoms with Crippen LogP contribution in [0.15, 0.2) is 6.20 Å². The highest BCUT2D eigenvalue weighted by Gasteiger charge is 2.07. The second kappa shape index (κ2) is 5.60. The van der Waals surface area contributed by atoms with Crippen LogP contribution in [0.4, 0.5) is 0 Å². The average molecular weight is 311 g/mol. The van der Waals surface area contributed by atoms with E-state index in [0.717, 1.165) is 27.9 Å². The van der Waals surface area contributed by atoms with Crippen molar-refractivity contribution in [2.45, 2.75) is 19.2 Å². The number of hydrogen-bond donors (Lipinski definition) is 0. The van der Waals surface area contributed by atoms with Gasteiger partial charge in [-0.3, -0.25) is 4.98 Å². The van der Waals surface area contributed by atoms with Gasteiger partial charge in [0.25, 0.3) is 0 Å². The fourth-order valence-corrected chi connectivity index (χ4v) is 1.77. The summed E-state index contributed by atoms with van der Waals surface area (Å²) in [5, 5.41) is 0.773. The van der Waals surface area contributed by atoms with E-state index >= 15 is 0 Å². The lowest BCUT2D eigenvalue weighted by Gasteiger charge is -2.10. The molecule has 2 nitrogen and oxygen atoms in total. The van der Waals surface area contributed by atoms with Crippen molar-refractivity contribution in [3.8, 4) is 5.75 Å². The summed E-state index contributed by atoms with van der Waals surface area (Å²) in [6.45, 7) is 4.02. The number of rotatable bonds is 2. The Morgan fingerprint density at radius 2 is 2.08 bits per heavy atom. The largest absolute Gasteiger partial charge is 0.496 e. The molecule has 1 aromatic rings. The molecule has 4 heteroatoms. The van der Waals surface area contributed by atoms with Gasteiger partial charge < -0.3 is 4.74 Å². The van der Waals surface area contributed by atoms with Gasteiger partial charge in [-0.1, -0.05) is 15.9 Å². The SMILES string of the molecule is Br.COc1c(C)cnc(CBr)c1C. The Bertz CT molecular complexity index is 289. The number of aromatic nitrogens is 1. The Morgan fingerprint density at radius 3 is 2.54 bits per heavy atom. The van der Waals surface area contributed by atoms with Gasteiger partial charge in [0, 0.05) is 22.7 Å². The zero-order valence-electron chi connectivity index (χ0n) is 7.93. The molecule has 0 aliphatic heterocycles. The molecule has 1 heterocycles. The Hall–Kier alpha value is -0.0900. The van der Waals surface area contributed by atoms with Crippen molar-refractivity contribution in [3.63, 3.8) is 0 Å². The van der Waals surface area contributed by atoms with Crippen LogP contribution >= 0.6 is 32.9 Å². The van der Waals surface area contributed by atoms with Gasteiger partial charge in [-0.25, -0.2) is 0 Å². The van der Waals surface area contributed by atoms with Crippen molar-refractivity contribution < 1.29 is 4.74 Å². The first-order valence-corrected chi connectivity index (χ1v) is 4.88. The van der Waals surface area contributed by atoms with Crippen LogP contribution in [-0.4, -0.2) is 12.1 Å². The molecule has 0 aliphatic rings. The van der Waals surface area contributed by atoms with Crippen molar-refractivity contribution in [2.24, 2.45) is 0 Å². The molecule has 1 aromatic heterocycles. The van der Waals surface area contributed by atoms with Crippen LogP contribution in [0.3, 0.4) is 0 Å². The van der Waals surface area contributed by atoms with Crippen molar-refractivity contribution in [1.82, 2.24) is 4.98 Å². The monoisotopic (exact) mass is 309 g/mol. The van der Waals surface area contributed by atoms with Crippen LogP contribution < -0.4 is 4.74 Å². The van der Waals surface area contributed by atoms with Crippen LogP contribution in [0.5, 0.6) is 5.75 Å². The predicted molar refractivity (Wildman–Crippen MR) is 63.2 cm³/mol. The number of alkyl halides is 1. The molecule has 0 amide bonds. The Labute approximate surface area is 97.6 Å². The van der Waals surface area contributed by atoms with Gasteiger partial charge in [0.1, 0.15) is 5.75 Å². The summed E-state index contributed by atoms with van der Waals surface area (Å²) >= 11 is 3.38. The summed E-state index contributed by atoms with van der Waals surface area (Å²) in [5.41, 5.74) is 3.24. The van der Waals surface area contributed by atoms with Crippen LogP contribution in [0.1, 0.15) is 16.8 Å². The molecule has 74 valence electrons. The van der Waals surface area contributed by atoms with Crippen LogP contribution in [-0.2, 0) is 5.33 Å². The van der Waals surface area contributed by atoms with Crippen molar-refractivity contribution in [2.75, 3.05) is 7.11 Å². The smallest absolute Gasteiger partial charge is 0.128 e. The number of aryl methyl sites for hydroxylation is 1. The first-order chi connectivity index (χ1) is 5.70. The van der Waals surface area contributed by atoms with E-state index in [2.05, 4.69) is 20.9 Å². The van der Waals surface area contributed by atoms with Crippen molar-refractivity contribution in [1.29, 1.82) is 0 Å². The number of hydrogen-bond acceptors (Lipinski definition) is 2. The zero-order valence-corrected chi connectivity index (χ0v) is 11.2. The molecular formula is C9H13Br2NO. The molecule has 0 radical (unpaired) electrons. The van der Waals surface area contributed by atoms with Gasteiger partial charge >= 0.3 is 0 Å². The number of methoxy groups -OCH3 is 1. The summed E-state index contributed by atoms with van der Waals surface area (Å²) in [5.74, 6) is 0.944. The Morgan fingerprint density at radius 1 is 1.46 bits per heavy atom. The highest BCUT2D eigenvalue weighted by molar-refractivity contribution is 9.08. The van der Waals surface area contributed by atoms with Crippen LogP contribution in [0, 0.1) is 13.8 Å². The summed E-state index contributed by atoms with van der Waals surface area (Å²) < 4.78 is 5.26. The third-order valence-corrected chi connectivity index (χ3v) is 2.41. The lowest BCUT2D eigenvalue weighted by atomic mass is 10.1. The van der Waals surface area contributed by atoms with Crippen molar-refractivity contribution in [3.05, 3.63) is 23.0 Å². The van der Waals surface area contributed by atoms with E-state index in [-0.39, 0.29) is 17.0 Å². The summed E-state index contributed by atoms with van der Waals surface area (Å²) in [6, 6.07) is 0. The minimum Gasteiger partial charge on any atom is -0.496 e. The number of pyridine rings is 1. The average Bonchev–Trinajstić information content (AvgIpc) is 2.06. The third-order valence-electron chi connectivity index (χ3n) is 1.88. The molecule has 0 unspecified atom stereocenters. The number of halogens is 2. The highest BCUT2D eigenvalue weighted by Crippen LogP contribution is 2.24. The Balaban J connectivity index is 0.00000144. The van der Waals surface area contributed by atoms with E-state index in [9.17, 15) is 0 Å². The maximum absolute atomic E-state index is 5.26. The first kappa shape index (κ1) is 12.9. The molecule has 1 rings (SSSR count). The van der Waals surface area contributed by atoms with Crippen LogP contribution in [0.25, 0.3) is 0 Å². The van der Waals surface area contributed by atoms with E-state index in [1.54, 1.807) is 7.11 Å². The fraction of sp³-hybridized carbons (Fsp3) is 0.444. The van der Waals surface area contributed by atoms with Gasteiger partial charge in [0.2, 0.25) is 0 Å². The molecule has 0 bridgehead atoms. The number of ether oxygens (including phenoxy) is 1. The second-order valence-electron chi connectivity index (χ2n) is 2.68. The molecule has 0 atom stereocenters. The van der Waals surface area contributed by atoms with Crippen LogP contribution in [0.2, 0.25) is 0 Å². The molecule has 0 spiro atoms. The molecular weight excluding hydrogens is 298 g/mol. The predicted octanol–water partition coefficient (Wildman–Crippen LogP) is 3.18. The quantitative estimate of drug-likeness (QED) is 0.783. The lowest BCUT2D eigenvalue weighted by Crippen LogP contribution is -1.97. The van der Waals surface area contributed by atoms with Gasteiger partial charge in [-0.05, 0) is 13.8 Å². The maximum atomic E-state index is 5.26. The molecule has 0 N–H and O–H groups in total. The first-order valence-electron chi connectivity index (χ1n) is 3.75. The van der Waals surface area contributed by atoms with E-state index in [0.29, 0.717) is 0 Å². The summed E-state index contributed by atoms with van der Waals surface area (Å²) in [7, 11) is 1.69. The van der Waals surface area contributed by atoms with Gasteiger partial charge in [0.05, 0.1) is 12.8 Å². The van der Waals surface area contributed by atoms with E-state index in [1.165, 1.54) is 0 Å². The second-order valence-corrected chi connectivity index (χ2v) is 3.24. The molecule has 13 heavy (non-hydrogen) atoms. The van der Waals surface area contributed by atoms with E-state index in [4.69, 9.17) is 4.74 Å². The highest BCUT2D eigenvalue weighted by atomic mass is 79.9. The summed E-state index contributed by atoms with van der Waals surface area (Å²) in [4.78, 5) is 4.28. The molecule has 0 aliphatic carbocycles. The molecule has 0 saturated carbocycles. The minimum absolute atomic E-state index is 0. The van der Waals surface area contributed by atoms with E-state index in [1.807, 2.05) is 20.0 Å². The number of nitrogens with zero attached hydrogens (tertiary/aromatic N) is 1. The normalized spacial score (nSPS) is 9.23. The molecule has 0 saturated heterocycles. The van der Waals surface area contributed by atoms with Gasteiger partial charge in [0.15, 0.2) is 0 Å². The standard InChI is InChI=1S/C9H12BrNO.BrH/c1-6-5-11-8(4-10)7(2)9(6)12-3;/h5H,4H2,1-3H3;1H. The minimum atomic E-state index is 0.